The van der Waals surface area contributed by atoms with Crippen LogP contribution in [0.4, 0.5) is 4.39 Å². The third-order valence-corrected chi connectivity index (χ3v) is 7.28. The summed E-state index contributed by atoms with van der Waals surface area (Å²) in [7, 11) is 0. The first kappa shape index (κ1) is 26.7. The van der Waals surface area contributed by atoms with Crippen LogP contribution in [-0.4, -0.2) is 65.6 Å². The number of aromatic hydroxyl groups is 1. The lowest BCUT2D eigenvalue weighted by molar-refractivity contribution is -0.0173. The molecule has 11 heteroatoms. The third kappa shape index (κ3) is 5.63. The minimum Gasteiger partial charge on any atom is -0.502 e. The lowest BCUT2D eigenvalue weighted by Gasteiger charge is -2.48. The van der Waals surface area contributed by atoms with Gasteiger partial charge >= 0.3 is 0 Å². The highest BCUT2D eigenvalue weighted by Gasteiger charge is 2.42. The highest BCUT2D eigenvalue weighted by atomic mass is 19.1. The number of pyridine rings is 1. The second-order valence-electron chi connectivity index (χ2n) is 9.88. The van der Waals surface area contributed by atoms with Gasteiger partial charge in [0.1, 0.15) is 23.3 Å². The highest BCUT2D eigenvalue weighted by Crippen LogP contribution is 2.27. The molecule has 2 amide bonds. The van der Waals surface area contributed by atoms with E-state index in [-0.39, 0.29) is 24.4 Å². The lowest BCUT2D eigenvalue weighted by atomic mass is 10.1. The number of nitrogens with one attached hydrogen (secondary N) is 1. The summed E-state index contributed by atoms with van der Waals surface area (Å²) in [5, 5.41) is 15.4. The van der Waals surface area contributed by atoms with Crippen LogP contribution in [0.15, 0.2) is 41.3 Å². The first-order chi connectivity index (χ1) is 19.0. The van der Waals surface area contributed by atoms with Gasteiger partial charge in [-0.15, -0.1) is 0 Å². The van der Waals surface area contributed by atoms with Gasteiger partial charge in [0.05, 0.1) is 19.8 Å². The van der Waals surface area contributed by atoms with Gasteiger partial charge in [-0.2, -0.15) is 0 Å². The number of halogens is 1. The van der Waals surface area contributed by atoms with Gasteiger partial charge in [0.2, 0.25) is 5.43 Å². The average Bonchev–Trinajstić information content (AvgIpc) is 2.93. The van der Waals surface area contributed by atoms with E-state index in [1.165, 1.54) is 29.1 Å². The Kier molecular flexibility index (Phi) is 8.16. The van der Waals surface area contributed by atoms with Gasteiger partial charge in [0.15, 0.2) is 11.4 Å². The van der Waals surface area contributed by atoms with E-state index < -0.39 is 35.0 Å². The minimum atomic E-state index is -0.928. The van der Waals surface area contributed by atoms with Crippen molar-refractivity contribution in [2.75, 3.05) is 37.9 Å². The van der Waals surface area contributed by atoms with E-state index in [0.717, 1.165) is 32.1 Å². The summed E-state index contributed by atoms with van der Waals surface area (Å²) in [4.78, 5) is 41.2. The Morgan fingerprint density at radius 1 is 1.00 bits per heavy atom. The van der Waals surface area contributed by atoms with Crippen molar-refractivity contribution in [1.82, 2.24) is 14.9 Å². The smallest absolute Gasteiger partial charge is 0.278 e. The van der Waals surface area contributed by atoms with Gasteiger partial charge < -0.3 is 24.8 Å². The van der Waals surface area contributed by atoms with E-state index in [1.54, 1.807) is 4.90 Å². The number of benzene rings is 1. The standard InChI is InChI=1S/C28H33FN4O6/c29-20-10-9-19-16-30-27(36)21-17-33-24(26(35)25(21)34)28(37)31-12-14-38-18-23(31)32(33)11-7-5-3-1-2-4-6-8-13-39-22(19)15-20/h4,6,9-10,15,17,23,35H,1-3,5,7-8,11-14,16,18H2,(H,30,36)/b6-4-/t23-/m0/s1. The Morgan fingerprint density at radius 2 is 1.82 bits per heavy atom. The maximum atomic E-state index is 13.9. The molecule has 1 atom stereocenters. The first-order valence-electron chi connectivity index (χ1n) is 13.4. The van der Waals surface area contributed by atoms with Crippen molar-refractivity contribution in [3.05, 3.63) is 69.4 Å². The molecule has 208 valence electrons. The number of fused-ring (bicyclic) bond motifs is 4. The van der Waals surface area contributed by atoms with Crippen molar-refractivity contribution < 1.29 is 28.6 Å². The van der Waals surface area contributed by atoms with Crippen LogP contribution in [0.25, 0.3) is 0 Å². The van der Waals surface area contributed by atoms with Crippen molar-refractivity contribution >= 4 is 11.8 Å². The van der Waals surface area contributed by atoms with E-state index in [4.69, 9.17) is 9.47 Å². The fourth-order valence-corrected chi connectivity index (χ4v) is 5.21. The van der Waals surface area contributed by atoms with E-state index in [9.17, 15) is 23.9 Å². The summed E-state index contributed by atoms with van der Waals surface area (Å²) in [6, 6.07) is 4.05. The molecule has 0 saturated carbocycles. The SMILES string of the molecule is O=C1NCc2ccc(F)cc2OCC/C=C\CCCCCCN2[C@H]3COCCN3C(=O)c3c(O)c(=O)c1cn32. The van der Waals surface area contributed by atoms with Crippen molar-refractivity contribution in [3.63, 3.8) is 0 Å². The number of carbonyl (C=O) groups is 2. The molecule has 0 radical (unpaired) electrons. The number of aromatic nitrogens is 1. The molecular formula is C28H33FN4O6. The number of allylic oxidation sites excluding steroid dienone is 1. The normalized spacial score (nSPS) is 21.7. The van der Waals surface area contributed by atoms with Crippen molar-refractivity contribution in [3.8, 4) is 11.5 Å². The number of amides is 2. The van der Waals surface area contributed by atoms with Gasteiger partial charge in [0, 0.05) is 37.5 Å². The number of ether oxygens (including phenoxy) is 2. The van der Waals surface area contributed by atoms with E-state index in [1.807, 2.05) is 11.1 Å². The zero-order chi connectivity index (χ0) is 27.4. The molecule has 39 heavy (non-hydrogen) atoms. The Bertz CT molecular complexity index is 1330. The van der Waals surface area contributed by atoms with Crippen molar-refractivity contribution in [1.29, 1.82) is 0 Å². The zero-order valence-corrected chi connectivity index (χ0v) is 21.7. The summed E-state index contributed by atoms with van der Waals surface area (Å²) in [6.07, 6.45) is 10.5. The van der Waals surface area contributed by atoms with Gasteiger partial charge in [0.25, 0.3) is 11.8 Å². The quantitative estimate of drug-likeness (QED) is 0.494. The molecule has 0 unspecified atom stereocenters. The van der Waals surface area contributed by atoms with Crippen LogP contribution in [0.2, 0.25) is 0 Å². The molecule has 1 fully saturated rings. The largest absolute Gasteiger partial charge is 0.502 e. The minimum absolute atomic E-state index is 0.0286. The molecule has 2 aromatic rings. The molecule has 10 nitrogen and oxygen atoms in total. The van der Waals surface area contributed by atoms with Crippen LogP contribution in [-0.2, 0) is 11.3 Å². The lowest BCUT2D eigenvalue weighted by Crippen LogP contribution is -2.65. The fourth-order valence-electron chi connectivity index (χ4n) is 5.21. The Labute approximate surface area is 225 Å². The molecule has 3 aliphatic rings. The molecule has 0 spiro atoms. The maximum absolute atomic E-state index is 13.9. The molecule has 1 aromatic carbocycles. The molecular weight excluding hydrogens is 507 g/mol. The summed E-state index contributed by atoms with van der Waals surface area (Å²) < 4.78 is 26.8. The predicted molar refractivity (Wildman–Crippen MR) is 141 cm³/mol. The third-order valence-electron chi connectivity index (χ3n) is 7.28. The number of morpholine rings is 1. The Morgan fingerprint density at radius 3 is 2.69 bits per heavy atom. The molecule has 1 aromatic heterocycles. The highest BCUT2D eigenvalue weighted by molar-refractivity contribution is 5.99. The number of hydrogen-bond acceptors (Lipinski definition) is 7. The van der Waals surface area contributed by atoms with Gasteiger partial charge in [-0.25, -0.2) is 4.39 Å². The summed E-state index contributed by atoms with van der Waals surface area (Å²) in [5.41, 5.74) is -0.847. The van der Waals surface area contributed by atoms with E-state index in [0.29, 0.717) is 44.0 Å². The number of carbonyl (C=O) groups excluding carboxylic acids is 2. The zero-order valence-electron chi connectivity index (χ0n) is 21.7. The van der Waals surface area contributed by atoms with Gasteiger partial charge in [-0.3, -0.25) is 24.1 Å². The van der Waals surface area contributed by atoms with E-state index in [2.05, 4.69) is 11.4 Å². The Hall–Kier alpha value is -3.86. The molecule has 1 saturated heterocycles. The van der Waals surface area contributed by atoms with E-state index >= 15 is 0 Å². The first-order valence-corrected chi connectivity index (χ1v) is 13.4. The van der Waals surface area contributed by atoms with Gasteiger partial charge in [-0.05, 0) is 31.7 Å². The summed E-state index contributed by atoms with van der Waals surface area (Å²) in [6.45, 7) is 1.85. The summed E-state index contributed by atoms with van der Waals surface area (Å²) >= 11 is 0. The Balaban J connectivity index is 1.50. The predicted octanol–water partition coefficient (Wildman–Crippen LogP) is 2.66. The molecule has 3 aliphatic heterocycles. The number of hydrogen-bond donors (Lipinski definition) is 2. The van der Waals surface area contributed by atoms with Crippen LogP contribution < -0.4 is 20.5 Å². The molecule has 2 N–H and O–H groups in total. The number of rotatable bonds is 0. The summed E-state index contributed by atoms with van der Waals surface area (Å²) in [5.74, 6) is -2.13. The van der Waals surface area contributed by atoms with Crippen LogP contribution in [0.3, 0.4) is 0 Å². The fraction of sp³-hybridized carbons (Fsp3) is 0.464. The topological polar surface area (TPSA) is 113 Å². The van der Waals surface area contributed by atoms with Crippen LogP contribution in [0, 0.1) is 5.82 Å². The second-order valence-corrected chi connectivity index (χ2v) is 9.88. The van der Waals surface area contributed by atoms with Crippen molar-refractivity contribution in [2.45, 2.75) is 51.2 Å². The molecule has 2 bridgehead atoms. The molecule has 0 aliphatic carbocycles. The van der Waals surface area contributed by atoms with Crippen LogP contribution >= 0.6 is 0 Å². The average molecular weight is 541 g/mol. The monoisotopic (exact) mass is 540 g/mol. The second kappa shape index (κ2) is 11.9. The molecule has 5 rings (SSSR count). The maximum Gasteiger partial charge on any atom is 0.278 e. The van der Waals surface area contributed by atoms with Gasteiger partial charge in [-0.1, -0.05) is 31.1 Å². The molecule has 4 heterocycles. The van der Waals surface area contributed by atoms with Crippen LogP contribution in [0.1, 0.15) is 64.9 Å². The van der Waals surface area contributed by atoms with Crippen molar-refractivity contribution in [2.24, 2.45) is 0 Å². The van der Waals surface area contributed by atoms with Crippen LogP contribution in [0.5, 0.6) is 11.5 Å². The number of nitrogens with zero attached hydrogens (tertiary/aromatic N) is 3.